The normalized spacial score (nSPS) is 23.1. The molecule has 1 aliphatic carbocycles. The number of hydrogen-bond donors (Lipinski definition) is 1. The first-order valence-electron chi connectivity index (χ1n) is 7.81. The molecular weight excluding hydrogens is 250 g/mol. The molecule has 4 heteroatoms. The van der Waals surface area contributed by atoms with Crippen molar-refractivity contribution in [3.05, 3.63) is 23.5 Å². The summed E-state index contributed by atoms with van der Waals surface area (Å²) in [6.07, 6.45) is 6.13. The van der Waals surface area contributed by atoms with E-state index in [1.54, 1.807) is 0 Å². The van der Waals surface area contributed by atoms with Gasteiger partial charge < -0.3 is 15.0 Å². The quantitative estimate of drug-likeness (QED) is 0.894. The van der Waals surface area contributed by atoms with Crippen LogP contribution in [0.5, 0.6) is 0 Å². The number of morpholine rings is 1. The lowest BCUT2D eigenvalue weighted by Crippen LogP contribution is -2.42. The van der Waals surface area contributed by atoms with Gasteiger partial charge in [0, 0.05) is 48.8 Å². The molecule has 1 saturated carbocycles. The average Bonchev–Trinajstić information content (AvgIpc) is 3.30. The summed E-state index contributed by atoms with van der Waals surface area (Å²) in [5.74, 6) is 0. The van der Waals surface area contributed by atoms with E-state index in [0.717, 1.165) is 44.4 Å². The van der Waals surface area contributed by atoms with Gasteiger partial charge in [-0.05, 0) is 32.3 Å². The van der Waals surface area contributed by atoms with Gasteiger partial charge in [0.05, 0.1) is 12.7 Å². The van der Waals surface area contributed by atoms with Crippen LogP contribution < -0.4 is 10.2 Å². The first kappa shape index (κ1) is 13.8. The van der Waals surface area contributed by atoms with Crippen LogP contribution in [0.15, 0.2) is 12.3 Å². The molecule has 0 aromatic carbocycles. The molecule has 1 atom stereocenters. The van der Waals surface area contributed by atoms with E-state index in [2.05, 4.69) is 35.1 Å². The smallest absolute Gasteiger partial charge is 0.0748 e. The van der Waals surface area contributed by atoms with Gasteiger partial charge in [-0.25, -0.2) is 0 Å². The molecule has 0 bridgehead atoms. The molecule has 2 aliphatic rings. The van der Waals surface area contributed by atoms with E-state index in [9.17, 15) is 0 Å². The van der Waals surface area contributed by atoms with E-state index in [-0.39, 0.29) is 0 Å². The highest BCUT2D eigenvalue weighted by Gasteiger charge is 2.23. The van der Waals surface area contributed by atoms with Crippen LogP contribution in [0.4, 0.5) is 5.69 Å². The highest BCUT2D eigenvalue weighted by molar-refractivity contribution is 5.54. The van der Waals surface area contributed by atoms with Gasteiger partial charge >= 0.3 is 0 Å². The number of pyridine rings is 1. The number of aryl methyl sites for hydroxylation is 1. The molecule has 20 heavy (non-hydrogen) atoms. The molecule has 2 fully saturated rings. The zero-order valence-corrected chi connectivity index (χ0v) is 12.6. The maximum Gasteiger partial charge on any atom is 0.0748 e. The predicted molar refractivity (Wildman–Crippen MR) is 81.1 cm³/mol. The second-order valence-electron chi connectivity index (χ2n) is 5.96. The van der Waals surface area contributed by atoms with E-state index < -0.39 is 0 Å². The molecule has 1 aromatic rings. The Labute approximate surface area is 121 Å². The molecule has 1 aromatic heterocycles. The number of anilines is 1. The molecule has 1 saturated heterocycles. The first-order chi connectivity index (χ1) is 9.76. The number of nitrogens with one attached hydrogen (secondary N) is 1. The molecular formula is C16H25N3O. The topological polar surface area (TPSA) is 37.4 Å². The van der Waals surface area contributed by atoms with Crippen molar-refractivity contribution >= 4 is 5.69 Å². The fourth-order valence-electron chi connectivity index (χ4n) is 2.73. The molecule has 2 heterocycles. The Kier molecular flexibility index (Phi) is 4.22. The van der Waals surface area contributed by atoms with Gasteiger partial charge in [-0.15, -0.1) is 0 Å². The predicted octanol–water partition coefficient (Wildman–Crippen LogP) is 2.26. The van der Waals surface area contributed by atoms with E-state index in [1.165, 1.54) is 24.1 Å². The van der Waals surface area contributed by atoms with Crippen molar-refractivity contribution in [2.45, 2.75) is 51.8 Å². The van der Waals surface area contributed by atoms with Crippen LogP contribution in [-0.2, 0) is 11.3 Å². The van der Waals surface area contributed by atoms with Crippen LogP contribution in [-0.4, -0.2) is 36.8 Å². The van der Waals surface area contributed by atoms with Crippen molar-refractivity contribution in [2.24, 2.45) is 0 Å². The zero-order chi connectivity index (χ0) is 13.9. The van der Waals surface area contributed by atoms with Crippen molar-refractivity contribution < 1.29 is 4.74 Å². The Morgan fingerprint density at radius 2 is 2.30 bits per heavy atom. The van der Waals surface area contributed by atoms with E-state index >= 15 is 0 Å². The number of nitrogens with zero attached hydrogens (tertiary/aromatic N) is 2. The van der Waals surface area contributed by atoms with Crippen molar-refractivity contribution in [1.82, 2.24) is 10.3 Å². The lowest BCUT2D eigenvalue weighted by molar-refractivity contribution is 0.0383. The maximum absolute atomic E-state index is 5.78. The van der Waals surface area contributed by atoms with E-state index in [0.29, 0.717) is 6.10 Å². The molecule has 1 unspecified atom stereocenters. The largest absolute Gasteiger partial charge is 0.375 e. The third-order valence-electron chi connectivity index (χ3n) is 4.19. The second-order valence-corrected chi connectivity index (χ2v) is 5.96. The lowest BCUT2D eigenvalue weighted by atomic mass is 10.1. The minimum absolute atomic E-state index is 0.362. The highest BCUT2D eigenvalue weighted by Crippen LogP contribution is 2.25. The summed E-state index contributed by atoms with van der Waals surface area (Å²) in [4.78, 5) is 6.94. The molecule has 0 amide bonds. The number of ether oxygens (including phenoxy) is 1. The SMILES string of the molecule is CCC1CN(c2cc(C)ncc2CNC2CC2)CCO1. The molecule has 1 N–H and O–H groups in total. The standard InChI is InChI=1S/C16H25N3O/c1-3-15-11-19(6-7-20-15)16-8-12(2)17-9-13(16)10-18-14-4-5-14/h8-9,14-15,18H,3-7,10-11H2,1-2H3. The Morgan fingerprint density at radius 1 is 1.45 bits per heavy atom. The van der Waals surface area contributed by atoms with Crippen LogP contribution in [0, 0.1) is 6.92 Å². The van der Waals surface area contributed by atoms with Crippen LogP contribution in [0.1, 0.15) is 37.4 Å². The summed E-state index contributed by atoms with van der Waals surface area (Å²) < 4.78 is 5.78. The minimum Gasteiger partial charge on any atom is -0.375 e. The summed E-state index contributed by atoms with van der Waals surface area (Å²) in [7, 11) is 0. The average molecular weight is 275 g/mol. The maximum atomic E-state index is 5.78. The summed E-state index contributed by atoms with van der Waals surface area (Å²) >= 11 is 0. The van der Waals surface area contributed by atoms with Crippen molar-refractivity contribution in [1.29, 1.82) is 0 Å². The Morgan fingerprint density at radius 3 is 3.05 bits per heavy atom. The summed E-state index contributed by atoms with van der Waals surface area (Å²) in [6.45, 7) is 8.00. The van der Waals surface area contributed by atoms with Crippen LogP contribution in [0.3, 0.4) is 0 Å². The van der Waals surface area contributed by atoms with Gasteiger partial charge in [-0.1, -0.05) is 6.92 Å². The molecule has 3 rings (SSSR count). The van der Waals surface area contributed by atoms with E-state index in [4.69, 9.17) is 4.74 Å². The fraction of sp³-hybridized carbons (Fsp3) is 0.688. The zero-order valence-electron chi connectivity index (χ0n) is 12.6. The number of rotatable bonds is 5. The number of aromatic nitrogens is 1. The second kappa shape index (κ2) is 6.10. The van der Waals surface area contributed by atoms with Gasteiger partial charge in [-0.2, -0.15) is 0 Å². The summed E-state index contributed by atoms with van der Waals surface area (Å²) in [5.41, 5.74) is 3.75. The van der Waals surface area contributed by atoms with Crippen LogP contribution in [0.2, 0.25) is 0 Å². The van der Waals surface area contributed by atoms with Gasteiger partial charge in [0.2, 0.25) is 0 Å². The van der Waals surface area contributed by atoms with Crippen molar-refractivity contribution in [2.75, 3.05) is 24.6 Å². The van der Waals surface area contributed by atoms with Crippen molar-refractivity contribution in [3.63, 3.8) is 0 Å². The highest BCUT2D eigenvalue weighted by atomic mass is 16.5. The Balaban J connectivity index is 1.76. The molecule has 4 nitrogen and oxygen atoms in total. The fourth-order valence-corrected chi connectivity index (χ4v) is 2.73. The third kappa shape index (κ3) is 3.30. The third-order valence-corrected chi connectivity index (χ3v) is 4.19. The van der Waals surface area contributed by atoms with Gasteiger partial charge in [0.1, 0.15) is 0 Å². The monoisotopic (exact) mass is 275 g/mol. The first-order valence-corrected chi connectivity index (χ1v) is 7.81. The Hall–Kier alpha value is -1.13. The summed E-state index contributed by atoms with van der Waals surface area (Å²) in [6, 6.07) is 2.96. The van der Waals surface area contributed by atoms with E-state index in [1.807, 2.05) is 6.20 Å². The minimum atomic E-state index is 0.362. The molecule has 0 spiro atoms. The van der Waals surface area contributed by atoms with Gasteiger partial charge in [0.15, 0.2) is 0 Å². The lowest BCUT2D eigenvalue weighted by Gasteiger charge is -2.35. The number of hydrogen-bond acceptors (Lipinski definition) is 4. The van der Waals surface area contributed by atoms with Crippen LogP contribution in [0.25, 0.3) is 0 Å². The Bertz CT molecular complexity index is 459. The molecule has 0 radical (unpaired) electrons. The van der Waals surface area contributed by atoms with Gasteiger partial charge in [0.25, 0.3) is 0 Å². The molecule has 110 valence electrons. The molecule has 1 aliphatic heterocycles. The van der Waals surface area contributed by atoms with Crippen molar-refractivity contribution in [3.8, 4) is 0 Å². The van der Waals surface area contributed by atoms with Gasteiger partial charge in [-0.3, -0.25) is 4.98 Å². The van der Waals surface area contributed by atoms with Crippen LogP contribution >= 0.6 is 0 Å². The summed E-state index contributed by atoms with van der Waals surface area (Å²) in [5, 5.41) is 3.60.